The fraction of sp³-hybridized carbons (Fsp3) is 0.0952. The number of hydrogen-bond donors (Lipinski definition) is 1. The van der Waals surface area contributed by atoms with Gasteiger partial charge < -0.3 is 0 Å². The third-order valence-corrected chi connectivity index (χ3v) is 5.68. The first-order chi connectivity index (χ1) is 14.5. The number of benzene rings is 2. The number of rotatable bonds is 4. The highest BCUT2D eigenvalue weighted by molar-refractivity contribution is 7.15. The van der Waals surface area contributed by atoms with Crippen molar-refractivity contribution >= 4 is 40.0 Å². The fourth-order valence-corrected chi connectivity index (χ4v) is 4.18. The molecule has 148 valence electrons. The predicted molar refractivity (Wildman–Crippen MR) is 111 cm³/mol. The number of imide groups is 1. The van der Waals surface area contributed by atoms with Crippen molar-refractivity contribution in [3.8, 4) is 11.3 Å². The Kier molecular flexibility index (Phi) is 4.18. The zero-order valence-corrected chi connectivity index (χ0v) is 16.6. The molecule has 3 amide bonds. The second-order valence-corrected chi connectivity index (χ2v) is 7.74. The van der Waals surface area contributed by atoms with Crippen LogP contribution in [-0.4, -0.2) is 43.8 Å². The summed E-state index contributed by atoms with van der Waals surface area (Å²) in [5, 5.41) is 8.89. The molecule has 0 unspecified atom stereocenters. The van der Waals surface area contributed by atoms with Crippen LogP contribution < -0.4 is 5.32 Å². The molecule has 9 heteroatoms. The normalized spacial score (nSPS) is 13.2. The van der Waals surface area contributed by atoms with Crippen molar-refractivity contribution in [3.05, 3.63) is 70.6 Å². The van der Waals surface area contributed by atoms with E-state index in [1.54, 1.807) is 28.8 Å². The van der Waals surface area contributed by atoms with Gasteiger partial charge in [0.05, 0.1) is 16.8 Å². The average molecular weight is 417 g/mol. The molecule has 1 aliphatic rings. The quantitative estimate of drug-likeness (QED) is 0.515. The van der Waals surface area contributed by atoms with Crippen LogP contribution in [0.5, 0.6) is 0 Å². The first-order valence-corrected chi connectivity index (χ1v) is 10.1. The Balaban J connectivity index is 1.34. The van der Waals surface area contributed by atoms with Gasteiger partial charge in [0, 0.05) is 10.9 Å². The van der Waals surface area contributed by atoms with Crippen LogP contribution in [0.4, 0.5) is 5.95 Å². The molecule has 0 saturated heterocycles. The van der Waals surface area contributed by atoms with Crippen molar-refractivity contribution in [1.29, 1.82) is 0 Å². The van der Waals surface area contributed by atoms with Crippen molar-refractivity contribution in [2.75, 3.05) is 11.9 Å². The van der Waals surface area contributed by atoms with Crippen LogP contribution >= 0.6 is 11.3 Å². The molecule has 3 heterocycles. The molecule has 5 rings (SSSR count). The third kappa shape index (κ3) is 2.96. The van der Waals surface area contributed by atoms with E-state index in [1.165, 1.54) is 11.3 Å². The van der Waals surface area contributed by atoms with Gasteiger partial charge in [0.2, 0.25) is 10.9 Å². The topological polar surface area (TPSA) is 96.7 Å². The largest absolute Gasteiger partial charge is 0.292 e. The summed E-state index contributed by atoms with van der Waals surface area (Å²) in [6.45, 7) is 1.62. The van der Waals surface area contributed by atoms with E-state index in [9.17, 15) is 14.4 Å². The minimum Gasteiger partial charge on any atom is -0.292 e. The van der Waals surface area contributed by atoms with Crippen molar-refractivity contribution < 1.29 is 14.4 Å². The number of carbonyl (C=O) groups excluding carboxylic acids is 3. The van der Waals surface area contributed by atoms with Crippen LogP contribution in [0.1, 0.15) is 26.3 Å². The maximum absolute atomic E-state index is 12.5. The monoisotopic (exact) mass is 417 g/mol. The number of fused-ring (bicyclic) bond motifs is 2. The lowest BCUT2D eigenvalue weighted by Crippen LogP contribution is -2.37. The van der Waals surface area contributed by atoms with Crippen LogP contribution in [0.3, 0.4) is 0 Å². The van der Waals surface area contributed by atoms with Gasteiger partial charge in [-0.15, -0.1) is 16.4 Å². The van der Waals surface area contributed by atoms with E-state index in [4.69, 9.17) is 0 Å². The summed E-state index contributed by atoms with van der Waals surface area (Å²) >= 11 is 1.41. The van der Waals surface area contributed by atoms with E-state index in [0.717, 1.165) is 21.7 Å². The summed E-state index contributed by atoms with van der Waals surface area (Å²) in [5.41, 5.74) is 3.62. The van der Waals surface area contributed by atoms with Gasteiger partial charge in [0.1, 0.15) is 6.54 Å². The van der Waals surface area contributed by atoms with Gasteiger partial charge in [-0.25, -0.2) is 4.52 Å². The SMILES string of the molecule is Cc1ccc(-c2csc3nc(NC(=O)CN4C(=O)c5ccccc5C4=O)nn23)cc1. The van der Waals surface area contributed by atoms with Crippen molar-refractivity contribution in [2.24, 2.45) is 0 Å². The highest BCUT2D eigenvalue weighted by Gasteiger charge is 2.36. The van der Waals surface area contributed by atoms with Gasteiger partial charge in [0.15, 0.2) is 0 Å². The second-order valence-electron chi connectivity index (χ2n) is 6.91. The Bertz CT molecular complexity index is 1290. The van der Waals surface area contributed by atoms with Crippen LogP contribution in [0.2, 0.25) is 0 Å². The number of aromatic nitrogens is 3. The van der Waals surface area contributed by atoms with E-state index in [2.05, 4.69) is 15.4 Å². The minimum atomic E-state index is -0.542. The maximum atomic E-state index is 12.5. The van der Waals surface area contributed by atoms with Crippen LogP contribution in [0.15, 0.2) is 53.9 Å². The van der Waals surface area contributed by atoms with Gasteiger partial charge in [-0.05, 0) is 19.1 Å². The molecule has 0 atom stereocenters. The summed E-state index contributed by atoms with van der Waals surface area (Å²) < 4.78 is 1.66. The molecule has 1 aliphatic heterocycles. The number of nitrogens with zero attached hydrogens (tertiary/aromatic N) is 4. The molecule has 2 aromatic carbocycles. The van der Waals surface area contributed by atoms with Crippen molar-refractivity contribution in [2.45, 2.75) is 6.92 Å². The molecule has 1 N–H and O–H groups in total. The Hall–Kier alpha value is -3.85. The Morgan fingerprint density at radius 1 is 1.03 bits per heavy atom. The molecular weight excluding hydrogens is 402 g/mol. The number of amides is 3. The molecule has 2 aromatic heterocycles. The van der Waals surface area contributed by atoms with Crippen molar-refractivity contribution in [1.82, 2.24) is 19.5 Å². The Labute approximate surface area is 174 Å². The Morgan fingerprint density at radius 3 is 2.37 bits per heavy atom. The van der Waals surface area contributed by atoms with Gasteiger partial charge in [0.25, 0.3) is 17.8 Å². The number of thiazole rings is 1. The third-order valence-electron chi connectivity index (χ3n) is 4.86. The average Bonchev–Trinajstić information content (AvgIpc) is 3.38. The predicted octanol–water partition coefficient (Wildman–Crippen LogP) is 3.00. The summed E-state index contributed by atoms with van der Waals surface area (Å²) in [6, 6.07) is 14.5. The fourth-order valence-electron chi connectivity index (χ4n) is 3.35. The lowest BCUT2D eigenvalue weighted by Gasteiger charge is -2.12. The summed E-state index contributed by atoms with van der Waals surface area (Å²) in [7, 11) is 0. The number of aryl methyl sites for hydroxylation is 1. The Morgan fingerprint density at radius 2 is 1.70 bits per heavy atom. The highest BCUT2D eigenvalue weighted by atomic mass is 32.1. The van der Waals surface area contributed by atoms with E-state index in [-0.39, 0.29) is 5.95 Å². The van der Waals surface area contributed by atoms with E-state index in [1.807, 2.05) is 36.6 Å². The molecule has 8 nitrogen and oxygen atoms in total. The number of hydrogen-bond acceptors (Lipinski definition) is 6. The zero-order valence-electron chi connectivity index (χ0n) is 15.8. The van der Waals surface area contributed by atoms with Crippen LogP contribution in [0.25, 0.3) is 16.2 Å². The molecule has 0 spiro atoms. The van der Waals surface area contributed by atoms with E-state index in [0.29, 0.717) is 16.1 Å². The van der Waals surface area contributed by atoms with E-state index < -0.39 is 24.3 Å². The van der Waals surface area contributed by atoms with Crippen LogP contribution in [0, 0.1) is 6.92 Å². The second kappa shape index (κ2) is 6.89. The van der Waals surface area contributed by atoms with Crippen LogP contribution in [-0.2, 0) is 4.79 Å². The van der Waals surface area contributed by atoms with E-state index >= 15 is 0 Å². The maximum Gasteiger partial charge on any atom is 0.262 e. The van der Waals surface area contributed by atoms with Gasteiger partial charge >= 0.3 is 0 Å². The lowest BCUT2D eigenvalue weighted by atomic mass is 10.1. The zero-order chi connectivity index (χ0) is 20.8. The summed E-state index contributed by atoms with van der Waals surface area (Å²) in [6.07, 6.45) is 0. The standard InChI is InChI=1S/C21H15N5O3S/c1-12-6-8-13(9-7-12)16-11-30-21-23-20(24-26(16)21)22-17(27)10-25-18(28)14-4-2-3-5-15(14)19(25)29/h2-9,11H,10H2,1H3,(H,22,24,27). The van der Waals surface area contributed by atoms with Gasteiger partial charge in [-0.1, -0.05) is 42.0 Å². The molecule has 30 heavy (non-hydrogen) atoms. The minimum absolute atomic E-state index is 0.122. The molecule has 0 bridgehead atoms. The van der Waals surface area contributed by atoms with Gasteiger partial charge in [-0.2, -0.15) is 4.98 Å². The number of anilines is 1. The lowest BCUT2D eigenvalue weighted by molar-refractivity contribution is -0.116. The highest BCUT2D eigenvalue weighted by Crippen LogP contribution is 2.26. The first-order valence-electron chi connectivity index (χ1n) is 9.17. The number of nitrogens with one attached hydrogen (secondary N) is 1. The summed E-state index contributed by atoms with van der Waals surface area (Å²) in [5.74, 6) is -1.38. The molecule has 0 radical (unpaired) electrons. The molecule has 0 saturated carbocycles. The molecule has 4 aromatic rings. The molecular formula is C21H15N5O3S. The summed E-state index contributed by atoms with van der Waals surface area (Å²) in [4.78, 5) is 43.2. The van der Waals surface area contributed by atoms with Crippen molar-refractivity contribution in [3.63, 3.8) is 0 Å². The number of carbonyl (C=O) groups is 3. The molecule has 0 aliphatic carbocycles. The smallest absolute Gasteiger partial charge is 0.262 e. The van der Waals surface area contributed by atoms with Gasteiger partial charge in [-0.3, -0.25) is 24.6 Å². The first kappa shape index (κ1) is 18.2. The molecule has 0 fully saturated rings.